The number of rotatable bonds is 7. The summed E-state index contributed by atoms with van der Waals surface area (Å²) in [5.74, 6) is 0. The van der Waals surface area contributed by atoms with Crippen LogP contribution < -0.4 is 0 Å². The second-order valence-corrected chi connectivity index (χ2v) is 9.45. The first-order valence-electron chi connectivity index (χ1n) is 10.3. The van der Waals surface area contributed by atoms with Crippen LogP contribution in [0.5, 0.6) is 0 Å². The van der Waals surface area contributed by atoms with Gasteiger partial charge in [0.25, 0.3) is 0 Å². The van der Waals surface area contributed by atoms with E-state index in [1.807, 2.05) is 72.3 Å². The summed E-state index contributed by atoms with van der Waals surface area (Å²) in [7, 11) is -3.69. The normalized spacial score (nSPS) is 15.2. The highest BCUT2D eigenvalue weighted by Crippen LogP contribution is 2.34. The van der Waals surface area contributed by atoms with Crippen LogP contribution in [0.1, 0.15) is 44.2 Å². The van der Waals surface area contributed by atoms with Crippen molar-refractivity contribution in [2.45, 2.75) is 50.1 Å². The number of hydrogen-bond acceptors (Lipinski definition) is 3. The maximum Gasteiger partial charge on any atom is 0.247 e. The Balaban J connectivity index is 1.76. The third kappa shape index (κ3) is 4.14. The molecule has 6 heteroatoms. The van der Waals surface area contributed by atoms with E-state index < -0.39 is 10.0 Å². The lowest BCUT2D eigenvalue weighted by Crippen LogP contribution is -2.30. The third-order valence-corrected chi connectivity index (χ3v) is 7.54. The van der Waals surface area contributed by atoms with Gasteiger partial charge in [0.05, 0.1) is 6.04 Å². The van der Waals surface area contributed by atoms with Gasteiger partial charge in [0.1, 0.15) is 10.6 Å². The summed E-state index contributed by atoms with van der Waals surface area (Å²) in [6.07, 6.45) is 6.19. The van der Waals surface area contributed by atoms with Gasteiger partial charge in [-0.05, 0) is 18.4 Å². The summed E-state index contributed by atoms with van der Waals surface area (Å²) in [4.78, 5) is 0.299. The van der Waals surface area contributed by atoms with Gasteiger partial charge in [0, 0.05) is 24.8 Å². The van der Waals surface area contributed by atoms with Gasteiger partial charge in [-0.1, -0.05) is 80.4 Å². The molecule has 1 aliphatic rings. The van der Waals surface area contributed by atoms with Crippen LogP contribution >= 0.6 is 0 Å². The van der Waals surface area contributed by atoms with E-state index in [1.165, 1.54) is 17.1 Å². The van der Waals surface area contributed by atoms with Gasteiger partial charge in [-0.25, -0.2) is 8.42 Å². The molecule has 1 saturated carbocycles. The van der Waals surface area contributed by atoms with Gasteiger partial charge in [0.15, 0.2) is 0 Å². The van der Waals surface area contributed by atoms with E-state index in [-0.39, 0.29) is 6.04 Å². The van der Waals surface area contributed by atoms with Crippen LogP contribution in [0.3, 0.4) is 0 Å². The molecule has 152 valence electrons. The molecule has 2 aromatic carbocycles. The van der Waals surface area contributed by atoms with Gasteiger partial charge in [-0.3, -0.25) is 4.68 Å². The van der Waals surface area contributed by atoms with E-state index in [9.17, 15) is 8.42 Å². The molecular weight excluding hydrogens is 382 g/mol. The van der Waals surface area contributed by atoms with Crippen LogP contribution in [0.15, 0.2) is 71.8 Å². The molecule has 1 aromatic heterocycles. The molecule has 0 N–H and O–H groups in total. The van der Waals surface area contributed by atoms with Crippen molar-refractivity contribution in [2.24, 2.45) is 0 Å². The Hall–Kier alpha value is -2.44. The predicted molar refractivity (Wildman–Crippen MR) is 115 cm³/mol. The van der Waals surface area contributed by atoms with E-state index in [2.05, 4.69) is 0 Å². The Morgan fingerprint density at radius 3 is 2.24 bits per heavy atom. The molecule has 0 amide bonds. The molecule has 0 radical (unpaired) electrons. The zero-order valence-electron chi connectivity index (χ0n) is 16.7. The first kappa shape index (κ1) is 19.9. The highest BCUT2D eigenvalue weighted by atomic mass is 32.2. The van der Waals surface area contributed by atoms with Crippen molar-refractivity contribution >= 4 is 10.0 Å². The SMILES string of the molecule is CCN(Cc1ccccc1)S(=O)(=O)c1cn(C2CCCC2)nc1-c1ccccc1. The fraction of sp³-hybridized carbons (Fsp3) is 0.348. The molecule has 0 saturated heterocycles. The predicted octanol–water partition coefficient (Wildman–Crippen LogP) is 4.88. The van der Waals surface area contributed by atoms with Crippen molar-refractivity contribution in [3.05, 3.63) is 72.4 Å². The molecule has 4 rings (SSSR count). The zero-order chi connectivity index (χ0) is 20.3. The summed E-state index contributed by atoms with van der Waals surface area (Å²) < 4.78 is 30.7. The molecule has 1 heterocycles. The first-order chi connectivity index (χ1) is 14.1. The van der Waals surface area contributed by atoms with Gasteiger partial charge in [0.2, 0.25) is 10.0 Å². The lowest BCUT2D eigenvalue weighted by molar-refractivity contribution is 0.423. The van der Waals surface area contributed by atoms with Gasteiger partial charge < -0.3 is 0 Å². The maximum atomic E-state index is 13.7. The smallest absolute Gasteiger partial charge is 0.247 e. The van der Waals surface area contributed by atoms with Gasteiger partial charge in [-0.15, -0.1) is 0 Å². The average Bonchev–Trinajstić information content (AvgIpc) is 3.43. The first-order valence-corrected chi connectivity index (χ1v) is 11.7. The van der Waals surface area contributed by atoms with E-state index in [1.54, 1.807) is 6.20 Å². The Morgan fingerprint density at radius 2 is 1.62 bits per heavy atom. The highest BCUT2D eigenvalue weighted by Gasteiger charge is 2.31. The van der Waals surface area contributed by atoms with E-state index in [0.29, 0.717) is 23.7 Å². The molecule has 0 aliphatic heterocycles. The summed E-state index contributed by atoms with van der Waals surface area (Å²) >= 11 is 0. The highest BCUT2D eigenvalue weighted by molar-refractivity contribution is 7.89. The minimum absolute atomic E-state index is 0.283. The van der Waals surface area contributed by atoms with Crippen molar-refractivity contribution in [2.75, 3.05) is 6.54 Å². The quantitative estimate of drug-likeness (QED) is 0.559. The average molecular weight is 410 g/mol. The number of sulfonamides is 1. The number of hydrogen-bond donors (Lipinski definition) is 0. The summed E-state index contributed by atoms with van der Waals surface area (Å²) in [5.41, 5.74) is 2.35. The van der Waals surface area contributed by atoms with E-state index in [0.717, 1.165) is 24.0 Å². The van der Waals surface area contributed by atoms with Crippen LogP contribution in [-0.2, 0) is 16.6 Å². The van der Waals surface area contributed by atoms with Crippen LogP contribution in [0.25, 0.3) is 11.3 Å². The fourth-order valence-corrected chi connectivity index (χ4v) is 5.59. The van der Waals surface area contributed by atoms with Crippen LogP contribution in [0.4, 0.5) is 0 Å². The van der Waals surface area contributed by atoms with E-state index in [4.69, 9.17) is 5.10 Å². The van der Waals surface area contributed by atoms with Gasteiger partial charge >= 0.3 is 0 Å². The van der Waals surface area contributed by atoms with Crippen LogP contribution in [0, 0.1) is 0 Å². The van der Waals surface area contributed by atoms with Gasteiger partial charge in [-0.2, -0.15) is 9.40 Å². The molecular formula is C23H27N3O2S. The topological polar surface area (TPSA) is 55.2 Å². The monoisotopic (exact) mass is 409 g/mol. The van der Waals surface area contributed by atoms with Crippen LogP contribution in [-0.4, -0.2) is 29.0 Å². The Bertz CT molecular complexity index is 1040. The van der Waals surface area contributed by atoms with Crippen molar-refractivity contribution in [3.8, 4) is 11.3 Å². The lowest BCUT2D eigenvalue weighted by atomic mass is 10.2. The van der Waals surface area contributed by atoms with E-state index >= 15 is 0 Å². The standard InChI is InChI=1S/C23H27N3O2S/c1-2-25(17-19-11-5-3-6-12-19)29(27,28)22-18-26(21-15-9-10-16-21)24-23(22)20-13-7-4-8-14-20/h3-8,11-14,18,21H,2,9-10,15-17H2,1H3. The second-order valence-electron chi connectivity index (χ2n) is 7.54. The molecule has 0 atom stereocenters. The Kier molecular flexibility index (Phi) is 5.83. The number of aromatic nitrogens is 2. The molecule has 1 fully saturated rings. The third-order valence-electron chi connectivity index (χ3n) is 5.62. The zero-order valence-corrected chi connectivity index (χ0v) is 17.6. The molecule has 0 bridgehead atoms. The van der Waals surface area contributed by atoms with Crippen molar-refractivity contribution < 1.29 is 8.42 Å². The number of nitrogens with zero attached hydrogens (tertiary/aromatic N) is 3. The second kappa shape index (κ2) is 8.51. The number of benzene rings is 2. The minimum atomic E-state index is -3.69. The summed E-state index contributed by atoms with van der Waals surface area (Å²) in [5, 5.41) is 4.76. The molecule has 29 heavy (non-hydrogen) atoms. The minimum Gasteiger partial charge on any atom is -0.268 e. The largest absolute Gasteiger partial charge is 0.268 e. The summed E-state index contributed by atoms with van der Waals surface area (Å²) in [6.45, 7) is 2.63. The fourth-order valence-electron chi connectivity index (χ4n) is 4.01. The van der Waals surface area contributed by atoms with Crippen molar-refractivity contribution in [1.82, 2.24) is 14.1 Å². The maximum absolute atomic E-state index is 13.7. The van der Waals surface area contributed by atoms with Crippen LogP contribution in [0.2, 0.25) is 0 Å². The molecule has 0 unspecified atom stereocenters. The van der Waals surface area contributed by atoms with Crippen molar-refractivity contribution in [1.29, 1.82) is 0 Å². The molecule has 5 nitrogen and oxygen atoms in total. The lowest BCUT2D eigenvalue weighted by Gasteiger charge is -2.20. The Labute approximate surface area is 173 Å². The summed E-state index contributed by atoms with van der Waals surface area (Å²) in [6, 6.07) is 19.6. The molecule has 1 aliphatic carbocycles. The molecule has 0 spiro atoms. The Morgan fingerprint density at radius 1 is 1.00 bits per heavy atom. The molecule has 3 aromatic rings. The van der Waals surface area contributed by atoms with Crippen molar-refractivity contribution in [3.63, 3.8) is 0 Å².